The Labute approximate surface area is 835 Å². The molecule has 0 rings (SSSR count). The molecule has 0 aromatic heterocycles. The highest BCUT2D eigenvalue weighted by Gasteiger charge is 2.43. The van der Waals surface area contributed by atoms with Gasteiger partial charge in [0.15, 0.2) is 0 Å². The average molecular weight is 2420 g/mol. The fourth-order valence-corrected chi connectivity index (χ4v) is 11.5. The molecule has 0 fully saturated rings. The maximum absolute atomic E-state index is 14.1. The Bertz CT molecular complexity index is 3060. The van der Waals surface area contributed by atoms with Gasteiger partial charge in [-0.2, -0.15) is 0 Å². The molecule has 0 bridgehead atoms. The molecule has 0 aromatic rings. The summed E-state index contributed by atoms with van der Waals surface area (Å²) < 4.78 is 37.2. The molecule has 0 saturated carbocycles. The third-order valence-corrected chi connectivity index (χ3v) is 21.8. The number of carbonyl (C=O) groups is 15. The number of hydrogen-bond donors (Lipinski definition) is 15. The minimum absolute atomic E-state index is 0.0271. The van der Waals surface area contributed by atoms with Crippen molar-refractivity contribution in [3.05, 3.63) is 12.7 Å². The van der Waals surface area contributed by atoms with Gasteiger partial charge < -0.3 is 118 Å². The summed E-state index contributed by atoms with van der Waals surface area (Å²) in [5.41, 5.74) is -5.17. The van der Waals surface area contributed by atoms with Gasteiger partial charge in [-0.05, 0) is 125 Å². The summed E-state index contributed by atoms with van der Waals surface area (Å²) in [6.07, 6.45) is 0.624. The predicted molar refractivity (Wildman–Crippen MR) is 523 cm³/mol. The van der Waals surface area contributed by atoms with Gasteiger partial charge in [0.2, 0.25) is 88.6 Å². The van der Waals surface area contributed by atoms with E-state index in [0.29, 0.717) is 26.4 Å². The van der Waals surface area contributed by atoms with Crippen LogP contribution in [0.1, 0.15) is 144 Å². The maximum atomic E-state index is 14.1. The molecule has 0 spiro atoms. The van der Waals surface area contributed by atoms with Crippen molar-refractivity contribution in [2.24, 2.45) is 21.7 Å². The topological polar surface area (TPSA) is 510 Å². The van der Waals surface area contributed by atoms with Gasteiger partial charge in [-0.3, -0.25) is 71.9 Å². The fraction of sp³-hybridized carbons (Fsp3) is 0.793. The van der Waals surface area contributed by atoms with E-state index >= 15 is 0 Å². The quantitative estimate of drug-likeness (QED) is 0.0234. The van der Waals surface area contributed by atoms with E-state index in [0.717, 1.165) is 0 Å². The third-order valence-electron chi connectivity index (χ3n) is 18.5. The SMILES string of the molecule is C=CCOCCOCCOCCOCCOCC(CNC(=O)CCNC(=O)COCC(CNC(=O)C(C)(C)Br)(CNC(=O)C(C)(C)Br)CNC(=O)C(C)(C)Br)(CNC(=O)CCNC(=O)COCC(CNC(=O)C(C)(C)Br)(CNC(=O)C(C)(C)Br)CNC(=O)C(C)(C)Br)CNC(=O)CCNC(=O)COCC(CNC(=O)C(C)(C)Br)(CNC(=O)C(C)(C)Br)CNC(=O)C(C)(C)Br. The van der Waals surface area contributed by atoms with Crippen molar-refractivity contribution >= 4 is 232 Å². The van der Waals surface area contributed by atoms with Crippen LogP contribution in [0.15, 0.2) is 12.7 Å². The first-order valence-corrected chi connectivity index (χ1v) is 48.9. The van der Waals surface area contributed by atoms with Crippen LogP contribution in [0.4, 0.5) is 0 Å². The minimum Gasteiger partial charge on any atom is -0.378 e. The van der Waals surface area contributed by atoms with Gasteiger partial charge in [0, 0.05) is 139 Å². The summed E-state index contributed by atoms with van der Waals surface area (Å²) in [4.78, 5) is 202. The number of hydrogen-bond acceptors (Lipinski definition) is 23. The zero-order valence-electron chi connectivity index (χ0n) is 77.6. The van der Waals surface area contributed by atoms with Crippen molar-refractivity contribution in [2.75, 3.05) is 204 Å². The Morgan fingerprint density at radius 3 is 0.543 bits per heavy atom. The third kappa shape index (κ3) is 57.4. The maximum Gasteiger partial charge on any atom is 0.246 e. The van der Waals surface area contributed by atoms with Gasteiger partial charge in [-0.25, -0.2) is 0 Å². The highest BCUT2D eigenvalue weighted by Crippen LogP contribution is 2.28. The molecule has 0 saturated heterocycles. The number of amides is 15. The molecule has 0 unspecified atom stereocenters. The number of halogens is 9. The Balaban J connectivity index is 7.50. The van der Waals surface area contributed by atoms with Crippen LogP contribution in [0.3, 0.4) is 0 Å². The molecule has 129 heavy (non-hydrogen) atoms. The second-order valence-corrected chi connectivity index (χ2v) is 53.6. The van der Waals surface area contributed by atoms with Crippen molar-refractivity contribution in [1.82, 2.24) is 79.8 Å². The lowest BCUT2D eigenvalue weighted by Gasteiger charge is -2.36. The average Bonchev–Trinajstić information content (AvgIpc) is 0.837. The van der Waals surface area contributed by atoms with E-state index in [2.05, 4.69) is 230 Å². The van der Waals surface area contributed by atoms with Crippen molar-refractivity contribution in [3.8, 4) is 0 Å². The number of nitrogens with one attached hydrogen (secondary N) is 15. The summed E-state index contributed by atoms with van der Waals surface area (Å²) in [7, 11) is 0. The molecule has 744 valence electrons. The van der Waals surface area contributed by atoms with Gasteiger partial charge in [-0.1, -0.05) is 149 Å². The summed E-state index contributed by atoms with van der Waals surface area (Å²) in [5, 5.41) is 42.1. The second-order valence-electron chi connectivity index (χ2n) is 35.8. The molecule has 15 amide bonds. The molecule has 0 radical (unpaired) electrons. The van der Waals surface area contributed by atoms with Crippen molar-refractivity contribution in [1.29, 1.82) is 0 Å². The molecule has 47 heteroatoms. The van der Waals surface area contributed by atoms with Crippen LogP contribution < -0.4 is 79.8 Å². The zero-order valence-corrected chi connectivity index (χ0v) is 91.9. The van der Waals surface area contributed by atoms with Gasteiger partial charge in [0.1, 0.15) is 19.8 Å². The molecule has 0 aromatic carbocycles. The first-order chi connectivity index (χ1) is 59.2. The molecule has 0 aliphatic rings. The molecule has 0 aliphatic heterocycles. The molecular weight excluding hydrogens is 2280 g/mol. The van der Waals surface area contributed by atoms with Crippen LogP contribution >= 0.6 is 143 Å². The lowest BCUT2D eigenvalue weighted by atomic mass is 9.87. The number of carbonyl (C=O) groups excluding carboxylic acids is 15. The Morgan fingerprint density at radius 1 is 0.217 bits per heavy atom. The van der Waals surface area contributed by atoms with Crippen molar-refractivity contribution in [3.63, 3.8) is 0 Å². The van der Waals surface area contributed by atoms with E-state index in [1.54, 1.807) is 131 Å². The standard InChI is InChI=1S/C82H140Br9N15O23/c1-20-27-122-28-29-123-30-31-124-32-33-125-34-35-126-51-79(39-95-55(107)21-24-92-58(110)36-127-52-80(42-98-61(113)70(2,3)83,43-99-62(114)71(4,5)84)44-100-63(115)72(6,7)85,40-96-56(108)22-25-93-59(111)37-128-53-81(45-101-64(116)73(8,9)86,46-102-65(117)74(10,11)87)47-103-66(118)75(12,13)88)41-97-57(109)23-26-94-60(112)38-129-54-82(48-104-67(119)76(14,15)89,49-105-68(120)77(16,17)90)50-106-69(121)78(18,19)91/h20H,1,21-54H2,2-19H3,(H,92,110)(H,93,111)(H,94,112)(H,95,107)(H,96,108)(H,97,109)(H,98,113)(H,99,114)(H,100,115)(H,101,116)(H,102,117)(H,103,118)(H,104,119)(H,105,120)(H,106,121). The van der Waals surface area contributed by atoms with E-state index in [9.17, 15) is 71.9 Å². The predicted octanol–water partition coefficient (Wildman–Crippen LogP) is 3.73. The minimum atomic E-state index is -1.43. The molecular formula is C82H140Br9N15O23. The summed E-state index contributed by atoms with van der Waals surface area (Å²) in [6, 6.07) is 0. The lowest BCUT2D eigenvalue weighted by Crippen LogP contribution is -2.57. The Kier molecular flexibility index (Phi) is 57.8. The fourth-order valence-electron chi connectivity index (χ4n) is 10.2. The van der Waals surface area contributed by atoms with Crippen LogP contribution in [0.25, 0.3) is 0 Å². The van der Waals surface area contributed by atoms with E-state index in [4.69, 9.17) is 37.9 Å². The second kappa shape index (κ2) is 59.7. The summed E-state index contributed by atoms with van der Waals surface area (Å²) in [5.74, 6) is -7.73. The monoisotopic (exact) mass is 2410 g/mol. The molecule has 0 aliphatic carbocycles. The van der Waals surface area contributed by atoms with E-state index in [1.165, 1.54) is 0 Å². The smallest absolute Gasteiger partial charge is 0.246 e. The van der Waals surface area contributed by atoms with Crippen LogP contribution in [0.2, 0.25) is 0 Å². The van der Waals surface area contributed by atoms with Crippen molar-refractivity contribution < 1.29 is 110 Å². The van der Waals surface area contributed by atoms with Gasteiger partial charge in [-0.15, -0.1) is 6.58 Å². The highest BCUT2D eigenvalue weighted by molar-refractivity contribution is 9.11. The zero-order chi connectivity index (χ0) is 99.2. The summed E-state index contributed by atoms with van der Waals surface area (Å²) in [6.45, 7) is 29.0. The van der Waals surface area contributed by atoms with Crippen LogP contribution in [-0.4, -0.2) is 331 Å². The number of rotatable bonds is 70. The first kappa shape index (κ1) is 125. The van der Waals surface area contributed by atoms with E-state index in [1.807, 2.05) is 0 Å². The molecule has 15 N–H and O–H groups in total. The van der Waals surface area contributed by atoms with Gasteiger partial charge in [0.25, 0.3) is 0 Å². The van der Waals surface area contributed by atoms with Crippen LogP contribution in [0, 0.1) is 21.7 Å². The summed E-state index contributed by atoms with van der Waals surface area (Å²) >= 11 is 30.3. The highest BCUT2D eigenvalue weighted by atomic mass is 79.9. The Morgan fingerprint density at radius 2 is 0.372 bits per heavy atom. The van der Waals surface area contributed by atoms with Crippen molar-refractivity contribution in [2.45, 2.75) is 183 Å². The molecule has 0 atom stereocenters. The van der Waals surface area contributed by atoms with Gasteiger partial charge >= 0.3 is 0 Å². The normalized spacial score (nSPS) is 12.7. The van der Waals surface area contributed by atoms with E-state index < -0.39 is 169 Å². The number of ether oxygens (including phenoxy) is 8. The Hall–Kier alpha value is -4.21. The molecule has 0 heterocycles. The molecule has 38 nitrogen and oxygen atoms in total. The first-order valence-electron chi connectivity index (χ1n) is 41.8. The number of alkyl halides is 9. The van der Waals surface area contributed by atoms with E-state index in [-0.39, 0.29) is 177 Å². The van der Waals surface area contributed by atoms with Gasteiger partial charge in [0.05, 0.1) is 125 Å². The van der Waals surface area contributed by atoms with Crippen LogP contribution in [-0.2, 0) is 110 Å². The largest absolute Gasteiger partial charge is 0.378 e. The van der Waals surface area contributed by atoms with Crippen LogP contribution in [0.5, 0.6) is 0 Å². The lowest BCUT2D eigenvalue weighted by molar-refractivity contribution is -0.130.